The van der Waals surface area contributed by atoms with Crippen LogP contribution in [0.3, 0.4) is 0 Å². The van der Waals surface area contributed by atoms with Crippen molar-refractivity contribution in [2.45, 2.75) is 52.3 Å². The van der Waals surface area contributed by atoms with Crippen LogP contribution in [0.2, 0.25) is 0 Å². The summed E-state index contributed by atoms with van der Waals surface area (Å²) in [6.45, 7) is 11.6. The summed E-state index contributed by atoms with van der Waals surface area (Å²) in [7, 11) is 1.92. The number of ether oxygens (including phenoxy) is 2. The number of nitrogens with one attached hydrogen (secondary N) is 2. The minimum Gasteiger partial charge on any atom is -0.377 e. The SMILES string of the molecule is Cc1ccc(C)n1-c1cc(N2CC(Cc3nnn(C)c3-c3cc(N4CCOC[C@H]4C)nc4c(-c5ccn[nH]5)cnn34)OC[C@H]2C)nc2c(-c3ccn[nH]3)cnn12. The van der Waals surface area contributed by atoms with Crippen LogP contribution in [0, 0.1) is 13.8 Å². The molecule has 2 aliphatic heterocycles. The van der Waals surface area contributed by atoms with Crippen molar-refractivity contribution in [3.05, 3.63) is 78.3 Å². The van der Waals surface area contributed by atoms with Gasteiger partial charge in [-0.25, -0.2) is 19.2 Å². The molecule has 2 aliphatic rings. The van der Waals surface area contributed by atoms with Crippen LogP contribution in [0.1, 0.15) is 30.9 Å². The second-order valence-corrected chi connectivity index (χ2v) is 14.7. The van der Waals surface area contributed by atoms with E-state index in [4.69, 9.17) is 34.7 Å². The van der Waals surface area contributed by atoms with Crippen molar-refractivity contribution in [2.24, 2.45) is 7.05 Å². The van der Waals surface area contributed by atoms with E-state index in [9.17, 15) is 0 Å². The van der Waals surface area contributed by atoms with Crippen LogP contribution in [-0.2, 0) is 22.9 Å². The van der Waals surface area contributed by atoms with E-state index >= 15 is 0 Å². The molecule has 0 spiro atoms. The van der Waals surface area contributed by atoms with E-state index in [1.54, 1.807) is 12.4 Å². The van der Waals surface area contributed by atoms with Crippen molar-refractivity contribution >= 4 is 22.9 Å². The van der Waals surface area contributed by atoms with E-state index in [1.165, 1.54) is 0 Å². The molecule has 0 amide bonds. The number of nitrogens with zero attached hydrogens (tertiary/aromatic N) is 14. The number of anilines is 2. The lowest BCUT2D eigenvalue weighted by atomic mass is 10.1. The number of fused-ring (bicyclic) bond motifs is 2. The first-order valence-corrected chi connectivity index (χ1v) is 18.9. The molecule has 8 aromatic rings. The maximum atomic E-state index is 6.56. The Labute approximate surface area is 321 Å². The van der Waals surface area contributed by atoms with Crippen molar-refractivity contribution in [1.29, 1.82) is 0 Å². The molecule has 1 unspecified atom stereocenters. The van der Waals surface area contributed by atoms with Gasteiger partial charge in [0, 0.05) is 62.5 Å². The normalized spacial score (nSPS) is 19.2. The standard InChI is InChI=1S/C38H42N16O2/c1-22-6-7-23(2)52(22)35-16-34(44-38-28(18-42-54(35)38)30-9-11-40-46-30)51-19-26(56-21-25(51)4)14-31-36(49(5)48-47-31)32-15-33(50-12-13-55-20-24(50)3)43-37-27(17-41-53(32)37)29-8-10-39-45-29/h6-11,15-18,24-26H,12-14,19-21H2,1-5H3,(H,39,45)(H,40,46)/t24-,25-,26?/m1/s1. The van der Waals surface area contributed by atoms with Gasteiger partial charge in [-0.05, 0) is 52.0 Å². The Morgan fingerprint density at radius 3 is 2.14 bits per heavy atom. The van der Waals surface area contributed by atoms with Gasteiger partial charge in [-0.1, -0.05) is 5.21 Å². The molecule has 0 aromatic carbocycles. The molecule has 0 radical (unpaired) electrons. The van der Waals surface area contributed by atoms with Crippen molar-refractivity contribution in [2.75, 3.05) is 42.7 Å². The first-order valence-electron chi connectivity index (χ1n) is 18.9. The molecular weight excluding hydrogens is 713 g/mol. The zero-order valence-corrected chi connectivity index (χ0v) is 31.8. The summed E-state index contributed by atoms with van der Waals surface area (Å²) in [5.41, 5.74) is 9.55. The zero-order valence-electron chi connectivity index (χ0n) is 31.8. The number of morpholine rings is 2. The molecule has 18 heteroatoms. The third-order valence-corrected chi connectivity index (χ3v) is 11.0. The summed E-state index contributed by atoms with van der Waals surface area (Å²) in [4.78, 5) is 15.0. The number of aromatic amines is 2. The lowest BCUT2D eigenvalue weighted by molar-refractivity contribution is 0.0224. The summed E-state index contributed by atoms with van der Waals surface area (Å²) >= 11 is 0. The Morgan fingerprint density at radius 1 is 0.804 bits per heavy atom. The monoisotopic (exact) mass is 754 g/mol. The van der Waals surface area contributed by atoms with E-state index in [0.717, 1.165) is 80.6 Å². The predicted molar refractivity (Wildman–Crippen MR) is 208 cm³/mol. The molecule has 10 heterocycles. The highest BCUT2D eigenvalue weighted by atomic mass is 16.5. The van der Waals surface area contributed by atoms with E-state index in [1.807, 2.05) is 45.3 Å². The summed E-state index contributed by atoms with van der Waals surface area (Å²) in [5, 5.41) is 33.5. The van der Waals surface area contributed by atoms with Crippen LogP contribution in [0.15, 0.2) is 61.2 Å². The highest BCUT2D eigenvalue weighted by Crippen LogP contribution is 2.34. The smallest absolute Gasteiger partial charge is 0.169 e. The minimum absolute atomic E-state index is 0.0589. The van der Waals surface area contributed by atoms with Crippen LogP contribution < -0.4 is 9.80 Å². The van der Waals surface area contributed by atoms with E-state index in [0.29, 0.717) is 38.4 Å². The Hall–Kier alpha value is -6.40. The fraction of sp³-hybridized carbons (Fsp3) is 0.368. The summed E-state index contributed by atoms with van der Waals surface area (Å²) < 4.78 is 20.2. The van der Waals surface area contributed by atoms with Gasteiger partial charge in [-0.3, -0.25) is 10.2 Å². The molecule has 2 N–H and O–H groups in total. The summed E-state index contributed by atoms with van der Waals surface area (Å²) in [6.07, 6.45) is 7.46. The second-order valence-electron chi connectivity index (χ2n) is 14.7. The highest BCUT2D eigenvalue weighted by molar-refractivity contribution is 5.79. The average Bonchev–Trinajstić information content (AvgIpc) is 4.06. The van der Waals surface area contributed by atoms with E-state index in [2.05, 4.69) is 91.9 Å². The lowest BCUT2D eigenvalue weighted by Crippen LogP contribution is -2.49. The van der Waals surface area contributed by atoms with Gasteiger partial charge in [-0.15, -0.1) is 5.10 Å². The van der Waals surface area contributed by atoms with Crippen LogP contribution in [0.4, 0.5) is 11.6 Å². The molecule has 0 saturated carbocycles. The maximum Gasteiger partial charge on any atom is 0.169 e. The van der Waals surface area contributed by atoms with Crippen molar-refractivity contribution in [1.82, 2.24) is 69.2 Å². The molecular formula is C38H42N16O2. The van der Waals surface area contributed by atoms with Gasteiger partial charge >= 0.3 is 0 Å². The summed E-state index contributed by atoms with van der Waals surface area (Å²) in [6, 6.07) is 12.5. The maximum absolute atomic E-state index is 6.56. The third kappa shape index (κ3) is 5.62. The van der Waals surface area contributed by atoms with Crippen molar-refractivity contribution in [3.63, 3.8) is 0 Å². The van der Waals surface area contributed by atoms with Crippen LogP contribution >= 0.6 is 0 Å². The molecule has 8 aromatic heterocycles. The molecule has 0 bridgehead atoms. The fourth-order valence-electron chi connectivity index (χ4n) is 8.12. The van der Waals surface area contributed by atoms with Crippen LogP contribution in [0.25, 0.3) is 51.0 Å². The Balaban J connectivity index is 1.03. The van der Waals surface area contributed by atoms with Gasteiger partial charge in [0.25, 0.3) is 0 Å². The molecule has 10 rings (SSSR count). The Kier molecular flexibility index (Phi) is 8.17. The van der Waals surface area contributed by atoms with E-state index in [-0.39, 0.29) is 18.2 Å². The van der Waals surface area contributed by atoms with Gasteiger partial charge in [-0.2, -0.15) is 24.9 Å². The summed E-state index contributed by atoms with van der Waals surface area (Å²) in [5.74, 6) is 2.58. The van der Waals surface area contributed by atoms with Crippen LogP contribution in [0.5, 0.6) is 0 Å². The number of rotatable bonds is 8. The fourth-order valence-corrected chi connectivity index (χ4v) is 8.12. The molecule has 2 saturated heterocycles. The lowest BCUT2D eigenvalue weighted by Gasteiger charge is -2.39. The second kappa shape index (κ2) is 13.4. The number of aromatic nitrogens is 14. The molecule has 286 valence electrons. The largest absolute Gasteiger partial charge is 0.377 e. The van der Waals surface area contributed by atoms with Gasteiger partial charge in [0.05, 0.1) is 84.3 Å². The number of hydrogen-bond donors (Lipinski definition) is 2. The quantitative estimate of drug-likeness (QED) is 0.230. The van der Waals surface area contributed by atoms with Gasteiger partial charge in [0.1, 0.15) is 23.1 Å². The van der Waals surface area contributed by atoms with Gasteiger partial charge in [0.2, 0.25) is 0 Å². The van der Waals surface area contributed by atoms with Gasteiger partial charge in [0.15, 0.2) is 11.3 Å². The number of aryl methyl sites for hydroxylation is 3. The Morgan fingerprint density at radius 2 is 1.46 bits per heavy atom. The van der Waals surface area contributed by atoms with Crippen molar-refractivity contribution in [3.8, 4) is 39.7 Å². The first kappa shape index (κ1) is 34.1. The third-order valence-electron chi connectivity index (χ3n) is 11.0. The molecule has 2 fully saturated rings. The van der Waals surface area contributed by atoms with Crippen molar-refractivity contribution < 1.29 is 9.47 Å². The Bertz CT molecular complexity index is 2650. The molecule has 0 aliphatic carbocycles. The zero-order chi connectivity index (χ0) is 38.1. The minimum atomic E-state index is -0.204. The number of hydrogen-bond acceptors (Lipinski definition) is 12. The average molecular weight is 755 g/mol. The predicted octanol–water partition coefficient (Wildman–Crippen LogP) is 3.82. The number of H-pyrrole nitrogens is 2. The van der Waals surface area contributed by atoms with Gasteiger partial charge < -0.3 is 23.8 Å². The topological polar surface area (TPSA) is 178 Å². The first-order chi connectivity index (χ1) is 27.3. The molecule has 18 nitrogen and oxygen atoms in total. The molecule has 3 atom stereocenters. The van der Waals surface area contributed by atoms with Crippen LogP contribution in [-0.4, -0.2) is 120 Å². The molecule has 56 heavy (non-hydrogen) atoms. The highest BCUT2D eigenvalue weighted by Gasteiger charge is 2.32. The van der Waals surface area contributed by atoms with E-state index < -0.39 is 0 Å².